The lowest BCUT2D eigenvalue weighted by Gasteiger charge is -2.29. The van der Waals surface area contributed by atoms with Crippen LogP contribution in [0.3, 0.4) is 0 Å². The highest BCUT2D eigenvalue weighted by molar-refractivity contribution is 5.93. The highest BCUT2D eigenvalue weighted by Crippen LogP contribution is 2.32. The molecule has 0 unspecified atom stereocenters. The van der Waals surface area contributed by atoms with Crippen molar-refractivity contribution in [1.82, 2.24) is 9.47 Å². The Balaban J connectivity index is 1.49. The van der Waals surface area contributed by atoms with Crippen molar-refractivity contribution in [3.8, 4) is 6.07 Å². The van der Waals surface area contributed by atoms with Crippen molar-refractivity contribution in [1.29, 1.82) is 5.26 Å². The molecule has 0 bridgehead atoms. The lowest BCUT2D eigenvalue weighted by Crippen LogP contribution is -2.39. The van der Waals surface area contributed by atoms with E-state index < -0.39 is 0 Å². The fourth-order valence-corrected chi connectivity index (χ4v) is 4.73. The average molecular weight is 409 g/mol. The molecule has 6 heteroatoms. The van der Waals surface area contributed by atoms with Crippen LogP contribution in [0, 0.1) is 31.1 Å². The van der Waals surface area contributed by atoms with Crippen molar-refractivity contribution in [2.24, 2.45) is 5.92 Å². The molecule has 2 aromatic heterocycles. The highest BCUT2D eigenvalue weighted by atomic mass is 16.3. The summed E-state index contributed by atoms with van der Waals surface area (Å²) in [4.78, 5) is 15.4. The van der Waals surface area contributed by atoms with Crippen LogP contribution in [0.15, 0.2) is 22.8 Å². The molecule has 4 rings (SSSR count). The summed E-state index contributed by atoms with van der Waals surface area (Å²) < 4.78 is 7.48. The van der Waals surface area contributed by atoms with Crippen molar-refractivity contribution in [3.05, 3.63) is 41.0 Å². The fourth-order valence-electron chi connectivity index (χ4n) is 4.73. The fraction of sp³-hybridized carbons (Fsp3) is 0.583. The Kier molecular flexibility index (Phi) is 6.29. The zero-order chi connectivity index (χ0) is 21.1. The number of amides is 1. The van der Waals surface area contributed by atoms with E-state index in [4.69, 9.17) is 4.42 Å². The standard InChI is InChI=1S/C24H32N4O2/c1-17-18(2)28(15-21-9-6-12-30-21)24(22(17)13-25)26-23(29)16-27(20-10-11-20)14-19-7-4-3-5-8-19/h6,9,12,19-20H,3-5,7-8,10-11,14-16H2,1-2H3,(H,26,29). The molecule has 0 saturated heterocycles. The van der Waals surface area contributed by atoms with Gasteiger partial charge in [0.2, 0.25) is 5.91 Å². The molecular formula is C24H32N4O2. The predicted octanol–water partition coefficient (Wildman–Crippen LogP) is 4.60. The number of rotatable bonds is 8. The van der Waals surface area contributed by atoms with E-state index >= 15 is 0 Å². The minimum atomic E-state index is -0.0348. The third-order valence-corrected chi connectivity index (χ3v) is 6.72. The summed E-state index contributed by atoms with van der Waals surface area (Å²) in [5.41, 5.74) is 2.41. The number of nitrogens with zero attached hydrogens (tertiary/aromatic N) is 3. The molecule has 2 saturated carbocycles. The van der Waals surface area contributed by atoms with Gasteiger partial charge in [-0.1, -0.05) is 19.3 Å². The molecule has 160 valence electrons. The maximum absolute atomic E-state index is 13.0. The van der Waals surface area contributed by atoms with E-state index in [1.807, 2.05) is 30.5 Å². The van der Waals surface area contributed by atoms with Gasteiger partial charge in [-0.3, -0.25) is 9.69 Å². The Bertz CT molecular complexity index is 912. The first-order valence-corrected chi connectivity index (χ1v) is 11.2. The lowest BCUT2D eigenvalue weighted by molar-refractivity contribution is -0.117. The zero-order valence-corrected chi connectivity index (χ0v) is 18.1. The Hall–Kier alpha value is -2.52. The molecule has 2 aromatic rings. The molecule has 6 nitrogen and oxygen atoms in total. The smallest absolute Gasteiger partial charge is 0.239 e. The van der Waals surface area contributed by atoms with E-state index in [-0.39, 0.29) is 5.91 Å². The second kappa shape index (κ2) is 9.09. The summed E-state index contributed by atoms with van der Waals surface area (Å²) in [6.45, 7) is 5.83. The minimum Gasteiger partial charge on any atom is -0.467 e. The van der Waals surface area contributed by atoms with E-state index in [0.29, 0.717) is 36.4 Å². The number of furan rings is 1. The minimum absolute atomic E-state index is 0.0348. The molecule has 30 heavy (non-hydrogen) atoms. The largest absolute Gasteiger partial charge is 0.467 e. The first kappa shape index (κ1) is 20.7. The van der Waals surface area contributed by atoms with Crippen molar-refractivity contribution >= 4 is 11.7 Å². The predicted molar refractivity (Wildman–Crippen MR) is 116 cm³/mol. The quantitative estimate of drug-likeness (QED) is 0.693. The van der Waals surface area contributed by atoms with E-state index in [1.54, 1.807) is 6.26 Å². The number of hydrogen-bond acceptors (Lipinski definition) is 4. The molecule has 0 radical (unpaired) electrons. The summed E-state index contributed by atoms with van der Waals surface area (Å²) in [5, 5.41) is 12.8. The van der Waals surface area contributed by atoms with Crippen LogP contribution in [0.4, 0.5) is 5.82 Å². The first-order valence-electron chi connectivity index (χ1n) is 11.2. The Morgan fingerprint density at radius 1 is 1.27 bits per heavy atom. The second-order valence-electron chi connectivity index (χ2n) is 8.92. The van der Waals surface area contributed by atoms with Crippen LogP contribution in [0.2, 0.25) is 0 Å². The molecule has 0 aromatic carbocycles. The summed E-state index contributed by atoms with van der Waals surface area (Å²) in [6, 6.07) is 6.59. The van der Waals surface area contributed by atoms with Gasteiger partial charge in [-0.15, -0.1) is 0 Å². The van der Waals surface area contributed by atoms with Crippen molar-refractivity contribution in [2.45, 2.75) is 71.4 Å². The van der Waals surface area contributed by atoms with Crippen LogP contribution in [0.25, 0.3) is 0 Å². The number of nitrogens with one attached hydrogen (secondary N) is 1. The second-order valence-corrected chi connectivity index (χ2v) is 8.92. The van der Waals surface area contributed by atoms with Gasteiger partial charge in [0.25, 0.3) is 0 Å². The van der Waals surface area contributed by atoms with Gasteiger partial charge in [-0.25, -0.2) is 0 Å². The van der Waals surface area contributed by atoms with Crippen molar-refractivity contribution in [2.75, 3.05) is 18.4 Å². The van der Waals surface area contributed by atoms with Gasteiger partial charge in [0.15, 0.2) is 0 Å². The Labute approximate surface area is 178 Å². The van der Waals surface area contributed by atoms with Gasteiger partial charge in [-0.2, -0.15) is 5.26 Å². The Morgan fingerprint density at radius 2 is 2.03 bits per heavy atom. The molecule has 2 aliphatic carbocycles. The van der Waals surface area contributed by atoms with Gasteiger partial charge in [0.1, 0.15) is 17.6 Å². The molecule has 2 heterocycles. The van der Waals surface area contributed by atoms with Gasteiger partial charge < -0.3 is 14.3 Å². The third-order valence-electron chi connectivity index (χ3n) is 6.72. The SMILES string of the molecule is Cc1c(C#N)c(NC(=O)CN(CC2CCCCC2)C2CC2)n(Cc2ccco2)c1C. The number of nitriles is 1. The van der Waals surface area contributed by atoms with Gasteiger partial charge >= 0.3 is 0 Å². The lowest BCUT2D eigenvalue weighted by atomic mass is 9.89. The van der Waals surface area contributed by atoms with E-state index in [0.717, 1.165) is 23.6 Å². The summed E-state index contributed by atoms with van der Waals surface area (Å²) in [6.07, 6.45) is 10.6. The number of hydrogen-bond donors (Lipinski definition) is 1. The van der Waals surface area contributed by atoms with Crippen LogP contribution >= 0.6 is 0 Å². The number of anilines is 1. The van der Waals surface area contributed by atoms with Gasteiger partial charge in [0, 0.05) is 18.3 Å². The number of carbonyl (C=O) groups is 1. The van der Waals surface area contributed by atoms with Gasteiger partial charge in [0.05, 0.1) is 24.9 Å². The van der Waals surface area contributed by atoms with Crippen LogP contribution in [-0.2, 0) is 11.3 Å². The molecule has 0 aliphatic heterocycles. The normalized spacial score (nSPS) is 17.3. The Morgan fingerprint density at radius 3 is 2.67 bits per heavy atom. The van der Waals surface area contributed by atoms with Crippen LogP contribution in [0.5, 0.6) is 0 Å². The zero-order valence-electron chi connectivity index (χ0n) is 18.1. The maximum atomic E-state index is 13.0. The summed E-state index contributed by atoms with van der Waals surface area (Å²) >= 11 is 0. The van der Waals surface area contributed by atoms with Crippen LogP contribution < -0.4 is 5.32 Å². The average Bonchev–Trinajstić information content (AvgIpc) is 3.42. The third kappa shape index (κ3) is 4.62. The molecular weight excluding hydrogens is 376 g/mol. The molecule has 0 atom stereocenters. The topological polar surface area (TPSA) is 74.2 Å². The summed E-state index contributed by atoms with van der Waals surface area (Å²) in [5.74, 6) is 2.06. The monoisotopic (exact) mass is 408 g/mol. The molecule has 0 spiro atoms. The highest BCUT2D eigenvalue weighted by Gasteiger charge is 2.32. The van der Waals surface area contributed by atoms with Crippen molar-refractivity contribution in [3.63, 3.8) is 0 Å². The van der Waals surface area contributed by atoms with Crippen LogP contribution in [0.1, 0.15) is 67.5 Å². The van der Waals surface area contributed by atoms with E-state index in [2.05, 4.69) is 16.3 Å². The molecule has 1 amide bonds. The summed E-state index contributed by atoms with van der Waals surface area (Å²) in [7, 11) is 0. The maximum Gasteiger partial charge on any atom is 0.239 e. The number of aromatic nitrogens is 1. The molecule has 2 aliphatic rings. The van der Waals surface area contributed by atoms with Gasteiger partial charge in [-0.05, 0) is 63.1 Å². The number of carbonyl (C=O) groups excluding carboxylic acids is 1. The molecule has 2 fully saturated rings. The first-order chi connectivity index (χ1) is 14.6. The molecule has 1 N–H and O–H groups in total. The van der Waals surface area contributed by atoms with E-state index in [9.17, 15) is 10.1 Å². The van der Waals surface area contributed by atoms with E-state index in [1.165, 1.54) is 44.9 Å². The van der Waals surface area contributed by atoms with Crippen molar-refractivity contribution < 1.29 is 9.21 Å². The van der Waals surface area contributed by atoms with Crippen LogP contribution in [-0.4, -0.2) is 34.5 Å².